The molecule has 0 saturated carbocycles. The van der Waals surface area contributed by atoms with Crippen molar-refractivity contribution in [1.29, 1.82) is 0 Å². The Labute approximate surface area is 196 Å². The molecule has 0 atom stereocenters. The Bertz CT molecular complexity index is 950. The third-order valence-electron chi connectivity index (χ3n) is 5.37. The van der Waals surface area contributed by atoms with Gasteiger partial charge in [0, 0.05) is 49.4 Å². The number of benzene rings is 1. The van der Waals surface area contributed by atoms with Crippen LogP contribution in [0.1, 0.15) is 31.1 Å². The van der Waals surface area contributed by atoms with E-state index in [1.807, 2.05) is 18.2 Å². The first kappa shape index (κ1) is 24.9. The van der Waals surface area contributed by atoms with Crippen LogP contribution >= 0.6 is 24.0 Å². The second-order valence-electron chi connectivity index (χ2n) is 7.73. The van der Waals surface area contributed by atoms with E-state index >= 15 is 0 Å². The average molecular weight is 548 g/mol. The third kappa shape index (κ3) is 7.12. The fraction of sp³-hybridized carbons (Fsp3) is 0.571. The van der Waals surface area contributed by atoms with Gasteiger partial charge in [-0.25, -0.2) is 13.4 Å². The molecule has 1 fully saturated rings. The Morgan fingerprint density at radius 3 is 2.60 bits per heavy atom. The number of para-hydroxylation sites is 1. The number of aryl methyl sites for hydroxylation is 1. The lowest BCUT2D eigenvalue weighted by Gasteiger charge is -2.32. The van der Waals surface area contributed by atoms with Crippen molar-refractivity contribution in [2.24, 2.45) is 4.99 Å². The lowest BCUT2D eigenvalue weighted by atomic mass is 10.1. The van der Waals surface area contributed by atoms with Crippen LogP contribution in [0.5, 0.6) is 0 Å². The van der Waals surface area contributed by atoms with Crippen molar-refractivity contribution in [3.8, 4) is 0 Å². The number of nitrogens with zero attached hydrogens (tertiary/aromatic N) is 2. The normalized spacial score (nSPS) is 16.4. The van der Waals surface area contributed by atoms with Crippen LogP contribution < -0.4 is 10.6 Å². The van der Waals surface area contributed by atoms with Crippen LogP contribution in [0.25, 0.3) is 11.0 Å². The maximum atomic E-state index is 11.4. The third-order valence-corrected chi connectivity index (χ3v) is 6.30. The number of halogens is 1. The van der Waals surface area contributed by atoms with Gasteiger partial charge in [0.25, 0.3) is 0 Å². The summed E-state index contributed by atoms with van der Waals surface area (Å²) >= 11 is 0. The molecule has 1 aliphatic heterocycles. The van der Waals surface area contributed by atoms with E-state index in [0.717, 1.165) is 60.7 Å². The monoisotopic (exact) mass is 548 g/mol. The van der Waals surface area contributed by atoms with Gasteiger partial charge in [-0.3, -0.25) is 0 Å². The van der Waals surface area contributed by atoms with Crippen LogP contribution in [-0.2, 0) is 16.4 Å². The molecule has 168 valence electrons. The molecule has 0 unspecified atom stereocenters. The zero-order valence-corrected chi connectivity index (χ0v) is 21.1. The number of sulfone groups is 1. The quantitative estimate of drug-likeness (QED) is 0.315. The second-order valence-corrected chi connectivity index (χ2v) is 9.99. The Balaban J connectivity index is 0.00000320. The lowest BCUT2D eigenvalue weighted by molar-refractivity contribution is 0.216. The smallest absolute Gasteiger partial charge is 0.191 e. The summed E-state index contributed by atoms with van der Waals surface area (Å²) in [5.41, 5.74) is 2.04. The zero-order chi connectivity index (χ0) is 20.9. The molecule has 1 aliphatic rings. The summed E-state index contributed by atoms with van der Waals surface area (Å²) in [6.07, 6.45) is 3.24. The molecule has 3 rings (SSSR count). The standard InChI is InChI=1S/C21H32N4O3S.HI/c1-4-22-21(23-15-20-16(2)18-7-5-6-8-19(18)28-20)24-17-9-11-25(12-10-17)13-14-29(3,26)27;/h5-8,17H,4,9-15H2,1-3H3,(H2,22,23,24);1H. The summed E-state index contributed by atoms with van der Waals surface area (Å²) in [6.45, 7) is 7.82. The molecule has 7 nitrogen and oxygen atoms in total. The number of fused-ring (bicyclic) bond motifs is 1. The van der Waals surface area contributed by atoms with E-state index in [-0.39, 0.29) is 29.7 Å². The number of nitrogens with one attached hydrogen (secondary N) is 2. The highest BCUT2D eigenvalue weighted by molar-refractivity contribution is 14.0. The molecule has 2 aromatic rings. The van der Waals surface area contributed by atoms with E-state index in [1.54, 1.807) is 0 Å². The fourth-order valence-electron chi connectivity index (χ4n) is 3.64. The van der Waals surface area contributed by atoms with Crippen molar-refractivity contribution < 1.29 is 12.8 Å². The molecule has 2 N–H and O–H groups in total. The minimum Gasteiger partial charge on any atom is -0.459 e. The number of aliphatic imine (C=N–C) groups is 1. The molecule has 1 aromatic heterocycles. The van der Waals surface area contributed by atoms with Gasteiger partial charge in [-0.05, 0) is 32.8 Å². The van der Waals surface area contributed by atoms with Crippen LogP contribution in [0.2, 0.25) is 0 Å². The van der Waals surface area contributed by atoms with Gasteiger partial charge in [0.2, 0.25) is 0 Å². The first-order valence-electron chi connectivity index (χ1n) is 10.3. The van der Waals surface area contributed by atoms with Crippen LogP contribution in [-0.4, -0.2) is 63.5 Å². The van der Waals surface area contributed by atoms with E-state index in [1.165, 1.54) is 6.26 Å². The predicted octanol–water partition coefficient (Wildman–Crippen LogP) is 2.92. The molecule has 0 radical (unpaired) electrons. The van der Waals surface area contributed by atoms with Crippen LogP contribution in [0, 0.1) is 6.92 Å². The summed E-state index contributed by atoms with van der Waals surface area (Å²) in [4.78, 5) is 6.95. The predicted molar refractivity (Wildman–Crippen MR) is 133 cm³/mol. The number of hydrogen-bond donors (Lipinski definition) is 2. The molecule has 1 saturated heterocycles. The highest BCUT2D eigenvalue weighted by Crippen LogP contribution is 2.25. The largest absolute Gasteiger partial charge is 0.459 e. The number of guanidine groups is 1. The molecule has 0 amide bonds. The molecule has 9 heteroatoms. The molecule has 0 spiro atoms. The van der Waals surface area contributed by atoms with E-state index < -0.39 is 9.84 Å². The Morgan fingerprint density at radius 1 is 1.27 bits per heavy atom. The summed E-state index contributed by atoms with van der Waals surface area (Å²) in [5, 5.41) is 7.98. The van der Waals surface area contributed by atoms with Gasteiger partial charge in [-0.15, -0.1) is 24.0 Å². The zero-order valence-electron chi connectivity index (χ0n) is 18.0. The highest BCUT2D eigenvalue weighted by atomic mass is 127. The number of rotatable bonds is 7. The van der Waals surface area contributed by atoms with E-state index in [4.69, 9.17) is 9.41 Å². The number of likely N-dealkylation sites (tertiary alicyclic amines) is 1. The SMILES string of the molecule is CCNC(=NCc1oc2ccccc2c1C)NC1CCN(CCS(C)(=O)=O)CC1.I. The van der Waals surface area contributed by atoms with Crippen molar-refractivity contribution in [2.45, 2.75) is 39.3 Å². The molecule has 30 heavy (non-hydrogen) atoms. The van der Waals surface area contributed by atoms with Crippen LogP contribution in [0.4, 0.5) is 0 Å². The topological polar surface area (TPSA) is 86.9 Å². The van der Waals surface area contributed by atoms with Crippen molar-refractivity contribution in [3.05, 3.63) is 35.6 Å². The Kier molecular flexibility index (Phi) is 9.42. The Morgan fingerprint density at radius 2 is 1.97 bits per heavy atom. The molecular formula is C21H33IN4O3S. The maximum absolute atomic E-state index is 11.4. The number of piperidine rings is 1. The van der Waals surface area contributed by atoms with Crippen molar-refractivity contribution in [2.75, 3.05) is 38.2 Å². The minimum atomic E-state index is -2.91. The van der Waals surface area contributed by atoms with E-state index in [2.05, 4.69) is 35.4 Å². The lowest BCUT2D eigenvalue weighted by Crippen LogP contribution is -2.49. The van der Waals surface area contributed by atoms with Crippen molar-refractivity contribution in [3.63, 3.8) is 0 Å². The van der Waals surface area contributed by atoms with Crippen LogP contribution in [0.3, 0.4) is 0 Å². The van der Waals surface area contributed by atoms with Gasteiger partial charge < -0.3 is 20.0 Å². The van der Waals surface area contributed by atoms with E-state index in [9.17, 15) is 8.42 Å². The summed E-state index contributed by atoms with van der Waals surface area (Å²) in [5.74, 6) is 1.91. The Hall–Kier alpha value is -1.33. The molecule has 0 bridgehead atoms. The molecular weight excluding hydrogens is 515 g/mol. The van der Waals surface area contributed by atoms with Crippen LogP contribution in [0.15, 0.2) is 33.7 Å². The summed E-state index contributed by atoms with van der Waals surface area (Å²) < 4.78 is 28.7. The average Bonchev–Trinajstić information content (AvgIpc) is 3.01. The molecule has 0 aliphatic carbocycles. The van der Waals surface area contributed by atoms with Gasteiger partial charge in [0.05, 0.1) is 5.75 Å². The first-order chi connectivity index (χ1) is 13.9. The second kappa shape index (κ2) is 11.3. The van der Waals surface area contributed by atoms with Gasteiger partial charge in [-0.2, -0.15) is 0 Å². The van der Waals surface area contributed by atoms with Gasteiger partial charge in [0.1, 0.15) is 27.7 Å². The van der Waals surface area contributed by atoms with Gasteiger partial charge >= 0.3 is 0 Å². The minimum absolute atomic E-state index is 0. The van der Waals surface area contributed by atoms with Gasteiger partial charge in [0.15, 0.2) is 5.96 Å². The highest BCUT2D eigenvalue weighted by Gasteiger charge is 2.21. The molecule has 2 heterocycles. The van der Waals surface area contributed by atoms with Crippen molar-refractivity contribution in [1.82, 2.24) is 15.5 Å². The summed E-state index contributed by atoms with van der Waals surface area (Å²) in [7, 11) is -2.91. The van der Waals surface area contributed by atoms with E-state index in [0.29, 0.717) is 19.1 Å². The maximum Gasteiger partial charge on any atom is 0.191 e. The number of furan rings is 1. The molecule has 1 aromatic carbocycles. The summed E-state index contributed by atoms with van der Waals surface area (Å²) in [6, 6.07) is 8.39. The van der Waals surface area contributed by atoms with Gasteiger partial charge in [-0.1, -0.05) is 18.2 Å². The first-order valence-corrected chi connectivity index (χ1v) is 12.3. The number of hydrogen-bond acceptors (Lipinski definition) is 5. The van der Waals surface area contributed by atoms with Crippen molar-refractivity contribution >= 4 is 50.7 Å². The fourth-order valence-corrected chi connectivity index (χ4v) is 4.23.